The van der Waals surface area contributed by atoms with Crippen LogP contribution in [0.25, 0.3) is 0 Å². The predicted octanol–water partition coefficient (Wildman–Crippen LogP) is 4.40. The van der Waals surface area contributed by atoms with E-state index >= 15 is 0 Å². The van der Waals surface area contributed by atoms with E-state index in [0.717, 1.165) is 11.1 Å². The normalized spacial score (nSPS) is 12.1. The van der Waals surface area contributed by atoms with Crippen LogP contribution in [0.1, 0.15) is 32.4 Å². The standard InChI is InChI=1S/C26H22N4O4S/c1-33-17-8-6-7-16(15-17)24(31)27-14-13-22-29-30-26(35-22)28-25(32)23-18-9-2-4-11-20(18)34-21-12-5-3-10-19(21)23/h2-12,15,23H,13-14H2,1H3,(H,27,31)(H,28,30,32). The number of anilines is 1. The van der Waals surface area contributed by atoms with Gasteiger partial charge in [0.2, 0.25) is 11.0 Å². The van der Waals surface area contributed by atoms with E-state index in [4.69, 9.17) is 9.47 Å². The van der Waals surface area contributed by atoms with Crippen molar-refractivity contribution in [3.63, 3.8) is 0 Å². The molecular formula is C26H22N4O4S. The Labute approximate surface area is 205 Å². The molecule has 1 aliphatic heterocycles. The summed E-state index contributed by atoms with van der Waals surface area (Å²) < 4.78 is 11.1. The first-order chi connectivity index (χ1) is 17.1. The largest absolute Gasteiger partial charge is 0.497 e. The molecule has 0 radical (unpaired) electrons. The number of rotatable bonds is 7. The molecule has 2 N–H and O–H groups in total. The van der Waals surface area contributed by atoms with E-state index in [0.29, 0.717) is 45.9 Å². The van der Waals surface area contributed by atoms with Gasteiger partial charge in [0.25, 0.3) is 5.91 Å². The fraction of sp³-hybridized carbons (Fsp3) is 0.154. The number of para-hydroxylation sites is 2. The monoisotopic (exact) mass is 486 g/mol. The summed E-state index contributed by atoms with van der Waals surface area (Å²) in [5.74, 6) is 1.02. The topological polar surface area (TPSA) is 102 Å². The number of nitrogens with zero attached hydrogens (tertiary/aromatic N) is 2. The van der Waals surface area contributed by atoms with Crippen LogP contribution in [0.3, 0.4) is 0 Å². The number of amides is 2. The molecule has 0 saturated carbocycles. The van der Waals surface area contributed by atoms with E-state index in [1.807, 2.05) is 48.5 Å². The Morgan fingerprint density at radius 1 is 0.971 bits per heavy atom. The van der Waals surface area contributed by atoms with Crippen LogP contribution in [-0.4, -0.2) is 35.7 Å². The molecule has 1 aliphatic rings. The van der Waals surface area contributed by atoms with Crippen LogP contribution in [-0.2, 0) is 11.2 Å². The Morgan fingerprint density at radius 3 is 2.40 bits per heavy atom. The molecular weight excluding hydrogens is 464 g/mol. The van der Waals surface area contributed by atoms with Crippen molar-refractivity contribution >= 4 is 28.3 Å². The summed E-state index contributed by atoms with van der Waals surface area (Å²) in [6, 6.07) is 22.0. The molecule has 35 heavy (non-hydrogen) atoms. The molecule has 0 unspecified atom stereocenters. The summed E-state index contributed by atoms with van der Waals surface area (Å²) >= 11 is 1.28. The van der Waals surface area contributed by atoms with Gasteiger partial charge in [0, 0.05) is 29.7 Å². The molecule has 1 aromatic heterocycles. The molecule has 0 saturated heterocycles. The van der Waals surface area contributed by atoms with Gasteiger partial charge in [0.05, 0.1) is 13.0 Å². The zero-order valence-corrected chi connectivity index (χ0v) is 19.7. The second kappa shape index (κ2) is 9.94. The van der Waals surface area contributed by atoms with Gasteiger partial charge in [-0.2, -0.15) is 0 Å². The predicted molar refractivity (Wildman–Crippen MR) is 132 cm³/mol. The quantitative estimate of drug-likeness (QED) is 0.402. The molecule has 3 aromatic carbocycles. The van der Waals surface area contributed by atoms with Crippen molar-refractivity contribution in [1.29, 1.82) is 0 Å². The number of methoxy groups -OCH3 is 1. The van der Waals surface area contributed by atoms with Crippen molar-refractivity contribution in [3.05, 3.63) is 94.5 Å². The summed E-state index contributed by atoms with van der Waals surface area (Å²) in [6.45, 7) is 0.388. The van der Waals surface area contributed by atoms with Crippen molar-refractivity contribution in [3.8, 4) is 17.2 Å². The van der Waals surface area contributed by atoms with E-state index in [1.54, 1.807) is 31.4 Å². The number of hydrogen-bond donors (Lipinski definition) is 2. The zero-order valence-electron chi connectivity index (χ0n) is 18.9. The van der Waals surface area contributed by atoms with Crippen LogP contribution in [0, 0.1) is 0 Å². The number of nitrogens with one attached hydrogen (secondary N) is 2. The highest BCUT2D eigenvalue weighted by molar-refractivity contribution is 7.15. The molecule has 0 bridgehead atoms. The second-order valence-electron chi connectivity index (χ2n) is 7.84. The van der Waals surface area contributed by atoms with Crippen LogP contribution in [0.2, 0.25) is 0 Å². The Kier molecular flexibility index (Phi) is 6.40. The highest BCUT2D eigenvalue weighted by Gasteiger charge is 2.32. The third kappa shape index (κ3) is 4.85. The first-order valence-electron chi connectivity index (χ1n) is 11.0. The van der Waals surface area contributed by atoms with Crippen LogP contribution < -0.4 is 20.1 Å². The summed E-state index contributed by atoms with van der Waals surface area (Å²) in [6.07, 6.45) is 0.492. The number of carbonyl (C=O) groups excluding carboxylic acids is 2. The van der Waals surface area contributed by atoms with E-state index in [2.05, 4.69) is 20.8 Å². The summed E-state index contributed by atoms with van der Waals surface area (Å²) in [5, 5.41) is 15.2. The molecule has 4 aromatic rings. The van der Waals surface area contributed by atoms with Crippen LogP contribution in [0.5, 0.6) is 17.2 Å². The molecule has 0 spiro atoms. The van der Waals surface area contributed by atoms with Crippen molar-refractivity contribution in [2.24, 2.45) is 0 Å². The number of aromatic nitrogens is 2. The van der Waals surface area contributed by atoms with Crippen molar-refractivity contribution < 1.29 is 19.1 Å². The lowest BCUT2D eigenvalue weighted by Crippen LogP contribution is -2.25. The Bertz CT molecular complexity index is 1340. The minimum Gasteiger partial charge on any atom is -0.497 e. The third-order valence-corrected chi connectivity index (χ3v) is 6.49. The second-order valence-corrected chi connectivity index (χ2v) is 8.90. The molecule has 2 heterocycles. The Hall–Kier alpha value is -4.24. The number of fused-ring (bicyclic) bond motifs is 2. The zero-order chi connectivity index (χ0) is 24.2. The Balaban J connectivity index is 1.23. The van der Waals surface area contributed by atoms with Crippen molar-refractivity contribution in [2.75, 3.05) is 19.0 Å². The lowest BCUT2D eigenvalue weighted by Gasteiger charge is -2.27. The summed E-state index contributed by atoms with van der Waals surface area (Å²) in [7, 11) is 1.56. The van der Waals surface area contributed by atoms with Gasteiger partial charge in [-0.1, -0.05) is 53.8 Å². The van der Waals surface area contributed by atoms with Gasteiger partial charge in [0.15, 0.2) is 0 Å². The smallest absolute Gasteiger partial charge is 0.251 e. The van der Waals surface area contributed by atoms with Crippen LogP contribution >= 0.6 is 11.3 Å². The van der Waals surface area contributed by atoms with E-state index < -0.39 is 5.92 Å². The lowest BCUT2D eigenvalue weighted by atomic mass is 9.87. The van der Waals surface area contributed by atoms with Gasteiger partial charge in [-0.15, -0.1) is 10.2 Å². The molecule has 0 fully saturated rings. The van der Waals surface area contributed by atoms with Crippen molar-refractivity contribution in [2.45, 2.75) is 12.3 Å². The lowest BCUT2D eigenvalue weighted by molar-refractivity contribution is -0.116. The molecule has 0 aliphatic carbocycles. The SMILES string of the molecule is COc1cccc(C(=O)NCCc2nnc(NC(=O)C3c4ccccc4Oc4ccccc43)s2)c1. The number of carbonyl (C=O) groups is 2. The number of hydrogen-bond acceptors (Lipinski definition) is 7. The molecule has 5 rings (SSSR count). The van der Waals surface area contributed by atoms with E-state index in [9.17, 15) is 9.59 Å². The molecule has 8 nitrogen and oxygen atoms in total. The number of ether oxygens (including phenoxy) is 2. The first kappa shape index (κ1) is 22.5. The van der Waals surface area contributed by atoms with E-state index in [-0.39, 0.29) is 11.8 Å². The average Bonchev–Trinajstić information content (AvgIpc) is 3.33. The molecule has 9 heteroatoms. The highest BCUT2D eigenvalue weighted by Crippen LogP contribution is 2.44. The fourth-order valence-corrected chi connectivity index (χ4v) is 4.67. The van der Waals surface area contributed by atoms with Crippen LogP contribution in [0.4, 0.5) is 5.13 Å². The molecule has 176 valence electrons. The molecule has 2 amide bonds. The molecule has 0 atom stereocenters. The summed E-state index contributed by atoms with van der Waals surface area (Å²) in [4.78, 5) is 25.7. The Morgan fingerprint density at radius 2 is 1.69 bits per heavy atom. The first-order valence-corrected chi connectivity index (χ1v) is 11.9. The van der Waals surface area contributed by atoms with Gasteiger partial charge in [-0.3, -0.25) is 14.9 Å². The maximum absolute atomic E-state index is 13.3. The third-order valence-electron chi connectivity index (χ3n) is 5.60. The average molecular weight is 487 g/mol. The maximum Gasteiger partial charge on any atom is 0.251 e. The van der Waals surface area contributed by atoms with Gasteiger partial charge < -0.3 is 14.8 Å². The van der Waals surface area contributed by atoms with Gasteiger partial charge in [0.1, 0.15) is 22.3 Å². The fourth-order valence-electron chi connectivity index (χ4n) is 3.92. The van der Waals surface area contributed by atoms with Gasteiger partial charge in [-0.05, 0) is 30.3 Å². The van der Waals surface area contributed by atoms with Crippen LogP contribution in [0.15, 0.2) is 72.8 Å². The summed E-state index contributed by atoms with van der Waals surface area (Å²) in [5.41, 5.74) is 2.12. The maximum atomic E-state index is 13.3. The van der Waals surface area contributed by atoms with Crippen molar-refractivity contribution in [1.82, 2.24) is 15.5 Å². The number of benzene rings is 3. The van der Waals surface area contributed by atoms with E-state index in [1.165, 1.54) is 11.3 Å². The van der Waals surface area contributed by atoms with Gasteiger partial charge in [-0.25, -0.2) is 0 Å². The minimum atomic E-state index is -0.523. The van der Waals surface area contributed by atoms with Gasteiger partial charge >= 0.3 is 0 Å². The highest BCUT2D eigenvalue weighted by atomic mass is 32.1. The minimum absolute atomic E-state index is 0.196.